The molecule has 55 heavy (non-hydrogen) atoms. The van der Waals surface area contributed by atoms with Crippen LogP contribution in [0.3, 0.4) is 0 Å². The molecule has 12 heteroatoms. The molecular weight excluding hydrogens is 731 g/mol. The SMILES string of the molecule is CCCCCCCCS[C@@H]1O[C@H](CO[Si](c2ccccc2)(c2ccccc2)C(C)(C)C)[C@H](N=[N+]=[N-])[C@H](OCOCc2ccccc2)[C@H]1OC(=O)OC(C)(C)C. The first kappa shape index (κ1) is 44.4. The lowest BCUT2D eigenvalue weighted by Crippen LogP contribution is -2.68. The molecule has 1 fully saturated rings. The van der Waals surface area contributed by atoms with Gasteiger partial charge in [0.1, 0.15) is 23.9 Å². The molecule has 3 aromatic carbocycles. The van der Waals surface area contributed by atoms with E-state index in [1.54, 1.807) is 32.5 Å². The van der Waals surface area contributed by atoms with E-state index in [-0.39, 0.29) is 18.4 Å². The van der Waals surface area contributed by atoms with Gasteiger partial charge in [-0.2, -0.15) is 0 Å². The molecule has 1 aliphatic rings. The first-order valence-corrected chi connectivity index (χ1v) is 22.5. The second-order valence-corrected chi connectivity index (χ2v) is 21.5. The van der Waals surface area contributed by atoms with Crippen LogP contribution in [0.15, 0.2) is 96.1 Å². The molecular formula is C43H61N3O7SSi. The van der Waals surface area contributed by atoms with Gasteiger partial charge in [-0.1, -0.05) is 156 Å². The molecule has 3 aromatic rings. The van der Waals surface area contributed by atoms with Crippen molar-refractivity contribution in [3.8, 4) is 0 Å². The van der Waals surface area contributed by atoms with Crippen LogP contribution in [-0.2, 0) is 34.7 Å². The second kappa shape index (κ2) is 21.8. The lowest BCUT2D eigenvalue weighted by molar-refractivity contribution is -0.208. The number of nitrogens with zero attached hydrogens (tertiary/aromatic N) is 3. The molecule has 0 aliphatic carbocycles. The summed E-state index contributed by atoms with van der Waals surface area (Å²) < 4.78 is 38.3. The van der Waals surface area contributed by atoms with Crippen molar-refractivity contribution in [2.75, 3.05) is 19.2 Å². The standard InChI is InChI=1S/C43H61N3O7SSi/c1-8-9-10-11-12-22-29-54-40-39(52-41(47)53-42(2,3)4)38(49-32-48-30-33-23-16-13-17-24-33)37(45-46-44)36(51-40)31-50-55(43(5,6)7,34-25-18-14-19-26-34)35-27-20-15-21-28-35/h13-21,23-28,36-40H,8-12,22,29-32H2,1-7H3/t36-,37+,38+,39-,40+/m1/s1. The molecule has 1 aliphatic heterocycles. The summed E-state index contributed by atoms with van der Waals surface area (Å²) in [7, 11) is -3.01. The van der Waals surface area contributed by atoms with E-state index in [9.17, 15) is 10.3 Å². The van der Waals surface area contributed by atoms with Crippen molar-refractivity contribution in [1.82, 2.24) is 0 Å². The fraction of sp³-hybridized carbons (Fsp3) is 0.558. The van der Waals surface area contributed by atoms with Crippen LogP contribution in [0.2, 0.25) is 5.04 Å². The molecule has 10 nitrogen and oxygen atoms in total. The highest BCUT2D eigenvalue weighted by molar-refractivity contribution is 7.99. The normalized spacial score (nSPS) is 20.4. The molecule has 0 amide bonds. The van der Waals surface area contributed by atoms with Crippen molar-refractivity contribution in [3.05, 3.63) is 107 Å². The maximum atomic E-state index is 13.3. The van der Waals surface area contributed by atoms with Gasteiger partial charge in [0.2, 0.25) is 0 Å². The van der Waals surface area contributed by atoms with Crippen molar-refractivity contribution in [2.45, 2.75) is 134 Å². The molecule has 0 saturated carbocycles. The van der Waals surface area contributed by atoms with Crippen LogP contribution in [0.4, 0.5) is 4.79 Å². The van der Waals surface area contributed by atoms with E-state index >= 15 is 0 Å². The van der Waals surface area contributed by atoms with Crippen molar-refractivity contribution in [1.29, 1.82) is 0 Å². The summed E-state index contributed by atoms with van der Waals surface area (Å²) in [5.41, 5.74) is 9.51. The average Bonchev–Trinajstić information content (AvgIpc) is 3.15. The number of benzene rings is 3. The van der Waals surface area contributed by atoms with E-state index in [2.05, 4.69) is 62.0 Å². The molecule has 0 aromatic heterocycles. The zero-order valence-electron chi connectivity index (χ0n) is 33.7. The van der Waals surface area contributed by atoms with Gasteiger partial charge in [0, 0.05) is 4.91 Å². The number of hydrogen-bond donors (Lipinski definition) is 0. The largest absolute Gasteiger partial charge is 0.509 e. The van der Waals surface area contributed by atoms with Crippen molar-refractivity contribution in [3.63, 3.8) is 0 Å². The fourth-order valence-electron chi connectivity index (χ4n) is 6.97. The quantitative estimate of drug-likeness (QED) is 0.0211. The predicted molar refractivity (Wildman–Crippen MR) is 223 cm³/mol. The summed E-state index contributed by atoms with van der Waals surface area (Å²) in [5.74, 6) is 0.774. The Morgan fingerprint density at radius 1 is 0.836 bits per heavy atom. The van der Waals surface area contributed by atoms with Gasteiger partial charge in [-0.3, -0.25) is 0 Å². The van der Waals surface area contributed by atoms with Crippen molar-refractivity contribution >= 4 is 36.6 Å². The highest BCUT2D eigenvalue weighted by Crippen LogP contribution is 2.39. The lowest BCUT2D eigenvalue weighted by Gasteiger charge is -2.47. The number of azide groups is 1. The van der Waals surface area contributed by atoms with E-state index < -0.39 is 49.9 Å². The van der Waals surface area contributed by atoms with Crippen LogP contribution >= 0.6 is 11.8 Å². The first-order chi connectivity index (χ1) is 26.4. The maximum Gasteiger partial charge on any atom is 0.509 e. The number of ether oxygens (including phenoxy) is 5. The van der Waals surface area contributed by atoms with Crippen LogP contribution in [0, 0.1) is 0 Å². The molecule has 0 N–H and O–H groups in total. The van der Waals surface area contributed by atoms with Gasteiger partial charge >= 0.3 is 6.16 Å². The average molecular weight is 792 g/mol. The number of thioether (sulfide) groups is 1. The molecule has 1 heterocycles. The molecule has 0 radical (unpaired) electrons. The van der Waals surface area contributed by atoms with Crippen LogP contribution in [0.25, 0.3) is 10.4 Å². The minimum Gasteiger partial charge on any atom is -0.429 e. The van der Waals surface area contributed by atoms with Crippen LogP contribution in [-0.4, -0.2) is 69.0 Å². The Kier molecular flexibility index (Phi) is 17.6. The zero-order valence-corrected chi connectivity index (χ0v) is 35.5. The number of unbranched alkanes of at least 4 members (excludes halogenated alkanes) is 5. The third-order valence-electron chi connectivity index (χ3n) is 9.54. The summed E-state index contributed by atoms with van der Waals surface area (Å²) in [4.78, 5) is 16.6. The maximum absolute atomic E-state index is 13.3. The lowest BCUT2D eigenvalue weighted by atomic mass is 9.97. The van der Waals surface area contributed by atoms with E-state index in [1.165, 1.54) is 19.3 Å². The number of carbonyl (C=O) groups excluding carboxylic acids is 1. The van der Waals surface area contributed by atoms with Gasteiger partial charge in [-0.15, -0.1) is 11.8 Å². The monoisotopic (exact) mass is 791 g/mol. The summed E-state index contributed by atoms with van der Waals surface area (Å²) in [6.45, 7) is 14.5. The Morgan fingerprint density at radius 3 is 1.98 bits per heavy atom. The topological polar surface area (TPSA) is 121 Å². The molecule has 300 valence electrons. The smallest absolute Gasteiger partial charge is 0.429 e. The number of rotatable bonds is 20. The van der Waals surface area contributed by atoms with Crippen LogP contribution in [0.5, 0.6) is 0 Å². The van der Waals surface area contributed by atoms with Gasteiger partial charge in [-0.25, -0.2) is 4.79 Å². The van der Waals surface area contributed by atoms with Crippen LogP contribution < -0.4 is 10.4 Å². The van der Waals surface area contributed by atoms with E-state index in [1.807, 2.05) is 66.7 Å². The Labute approximate surface area is 333 Å². The van der Waals surface area contributed by atoms with E-state index in [0.29, 0.717) is 6.61 Å². The molecule has 0 unspecified atom stereocenters. The second-order valence-electron chi connectivity index (χ2n) is 16.0. The van der Waals surface area contributed by atoms with Gasteiger partial charge < -0.3 is 28.1 Å². The van der Waals surface area contributed by atoms with Crippen molar-refractivity contribution in [2.24, 2.45) is 5.11 Å². The Hall–Kier alpha value is -3.35. The fourth-order valence-corrected chi connectivity index (χ4v) is 12.8. The first-order valence-electron chi connectivity index (χ1n) is 19.6. The number of hydrogen-bond acceptors (Lipinski definition) is 9. The van der Waals surface area contributed by atoms with Gasteiger partial charge in [-0.05, 0) is 59.5 Å². The summed E-state index contributed by atoms with van der Waals surface area (Å²) in [6.07, 6.45) is 3.36. The Morgan fingerprint density at radius 2 is 1.42 bits per heavy atom. The summed E-state index contributed by atoms with van der Waals surface area (Å²) in [5, 5.41) is 6.20. The van der Waals surface area contributed by atoms with E-state index in [0.717, 1.165) is 41.0 Å². The summed E-state index contributed by atoms with van der Waals surface area (Å²) in [6, 6.07) is 29.6. The molecule has 0 spiro atoms. The number of carbonyl (C=O) groups is 1. The highest BCUT2D eigenvalue weighted by Gasteiger charge is 2.53. The Balaban J connectivity index is 1.70. The zero-order chi connectivity index (χ0) is 39.7. The molecule has 4 rings (SSSR count). The minimum atomic E-state index is -3.01. The molecule has 5 atom stereocenters. The van der Waals surface area contributed by atoms with Gasteiger partial charge in [0.15, 0.2) is 6.10 Å². The Bertz CT molecular complexity index is 1560. The van der Waals surface area contributed by atoms with E-state index in [4.69, 9.17) is 28.1 Å². The van der Waals surface area contributed by atoms with Crippen molar-refractivity contribution < 1.29 is 32.9 Å². The highest BCUT2D eigenvalue weighted by atomic mass is 32.2. The molecule has 0 bridgehead atoms. The predicted octanol–water partition coefficient (Wildman–Crippen LogP) is 9.94. The van der Waals surface area contributed by atoms with Gasteiger partial charge in [0.25, 0.3) is 8.32 Å². The summed E-state index contributed by atoms with van der Waals surface area (Å²) >= 11 is 1.57. The van der Waals surface area contributed by atoms with Gasteiger partial charge in [0.05, 0.1) is 25.4 Å². The third kappa shape index (κ3) is 13.1. The minimum absolute atomic E-state index is 0.106. The van der Waals surface area contributed by atoms with Crippen LogP contribution in [0.1, 0.15) is 92.6 Å². The molecule has 1 saturated heterocycles. The third-order valence-corrected chi connectivity index (χ3v) is 15.8.